The smallest absolute Gasteiger partial charge is 0.161 e. The zero-order valence-electron chi connectivity index (χ0n) is 15.1. The van der Waals surface area contributed by atoms with Gasteiger partial charge in [0.1, 0.15) is 31.7 Å². The molecule has 1 fully saturated rings. The lowest BCUT2D eigenvalue weighted by molar-refractivity contribution is 0.0637. The minimum absolute atomic E-state index is 0.284. The summed E-state index contributed by atoms with van der Waals surface area (Å²) in [7, 11) is 0. The van der Waals surface area contributed by atoms with Gasteiger partial charge >= 0.3 is 0 Å². The molecule has 5 nitrogen and oxygen atoms in total. The van der Waals surface area contributed by atoms with Gasteiger partial charge in [0, 0.05) is 17.1 Å². The van der Waals surface area contributed by atoms with Crippen molar-refractivity contribution in [2.75, 3.05) is 32.9 Å². The van der Waals surface area contributed by atoms with Gasteiger partial charge in [-0.2, -0.15) is 0 Å². The van der Waals surface area contributed by atoms with Crippen LogP contribution in [0.2, 0.25) is 0 Å². The second kappa shape index (κ2) is 8.50. The van der Waals surface area contributed by atoms with Crippen LogP contribution in [0.5, 0.6) is 17.2 Å². The van der Waals surface area contributed by atoms with Crippen molar-refractivity contribution in [2.45, 2.75) is 25.0 Å². The first-order chi connectivity index (χ1) is 13.2. The maximum Gasteiger partial charge on any atom is 0.161 e. The summed E-state index contributed by atoms with van der Waals surface area (Å²) < 4.78 is 18.1. The summed E-state index contributed by atoms with van der Waals surface area (Å²) in [4.78, 5) is 2.33. The Morgan fingerprint density at radius 3 is 2.70 bits per heavy atom. The quantitative estimate of drug-likeness (QED) is 0.750. The standard InChI is InChI=1S/C21H24BrNO4/c22-16-4-6-18(7-5-16)27-14-17(24)13-23-9-1-2-19(23)15-3-8-20-21(12-15)26-11-10-25-20/h3-8,12,17,19,24H,1-2,9-11,13-14H2. The predicted molar refractivity (Wildman–Crippen MR) is 107 cm³/mol. The van der Waals surface area contributed by atoms with Gasteiger partial charge in [0.25, 0.3) is 0 Å². The van der Waals surface area contributed by atoms with Gasteiger partial charge in [-0.1, -0.05) is 22.0 Å². The van der Waals surface area contributed by atoms with E-state index in [9.17, 15) is 5.11 Å². The SMILES string of the molecule is OC(COc1ccc(Br)cc1)CN1CCCC1c1ccc2c(c1)OCCO2. The average molecular weight is 434 g/mol. The molecule has 2 aromatic carbocycles. The minimum Gasteiger partial charge on any atom is -0.491 e. The van der Waals surface area contributed by atoms with E-state index in [1.54, 1.807) is 0 Å². The van der Waals surface area contributed by atoms with E-state index < -0.39 is 6.10 Å². The fourth-order valence-electron chi connectivity index (χ4n) is 3.74. The zero-order chi connectivity index (χ0) is 18.6. The lowest BCUT2D eigenvalue weighted by atomic mass is 10.0. The molecule has 2 aromatic rings. The maximum absolute atomic E-state index is 10.5. The molecule has 2 heterocycles. The number of β-amino-alcohol motifs (C(OH)–C–C–N with tert-alkyl or cyclic N) is 1. The van der Waals surface area contributed by atoms with Crippen LogP contribution in [0.4, 0.5) is 0 Å². The summed E-state index contributed by atoms with van der Waals surface area (Å²) in [5, 5.41) is 10.5. The Hall–Kier alpha value is -1.76. The van der Waals surface area contributed by atoms with Crippen molar-refractivity contribution < 1.29 is 19.3 Å². The van der Waals surface area contributed by atoms with Gasteiger partial charge in [0.05, 0.1) is 0 Å². The van der Waals surface area contributed by atoms with E-state index in [4.69, 9.17) is 14.2 Å². The number of hydrogen-bond donors (Lipinski definition) is 1. The number of nitrogens with zero attached hydrogens (tertiary/aromatic N) is 1. The Morgan fingerprint density at radius 2 is 1.89 bits per heavy atom. The number of halogens is 1. The summed E-state index contributed by atoms with van der Waals surface area (Å²) >= 11 is 3.41. The van der Waals surface area contributed by atoms with Gasteiger partial charge < -0.3 is 19.3 Å². The summed E-state index contributed by atoms with van der Waals surface area (Å²) in [6, 6.07) is 14.1. The summed E-state index contributed by atoms with van der Waals surface area (Å²) in [6.45, 7) is 3.06. The number of aliphatic hydroxyl groups excluding tert-OH is 1. The van der Waals surface area contributed by atoms with Crippen molar-refractivity contribution in [2.24, 2.45) is 0 Å². The topological polar surface area (TPSA) is 51.2 Å². The van der Waals surface area contributed by atoms with E-state index in [1.807, 2.05) is 30.3 Å². The van der Waals surface area contributed by atoms with Gasteiger partial charge in [-0.3, -0.25) is 4.90 Å². The number of rotatable bonds is 6. The molecule has 1 saturated heterocycles. The number of likely N-dealkylation sites (tertiary alicyclic amines) is 1. The Morgan fingerprint density at radius 1 is 1.11 bits per heavy atom. The molecule has 0 aromatic heterocycles. The molecule has 0 aliphatic carbocycles. The minimum atomic E-state index is -0.536. The van der Waals surface area contributed by atoms with Crippen LogP contribution in [-0.4, -0.2) is 49.0 Å². The van der Waals surface area contributed by atoms with Crippen LogP contribution in [0.15, 0.2) is 46.9 Å². The van der Waals surface area contributed by atoms with Crippen LogP contribution in [0.25, 0.3) is 0 Å². The van der Waals surface area contributed by atoms with E-state index in [2.05, 4.69) is 33.0 Å². The molecule has 6 heteroatoms. The highest BCUT2D eigenvalue weighted by molar-refractivity contribution is 9.10. The van der Waals surface area contributed by atoms with Crippen molar-refractivity contribution in [3.63, 3.8) is 0 Å². The van der Waals surface area contributed by atoms with Crippen LogP contribution in [-0.2, 0) is 0 Å². The molecule has 2 unspecified atom stereocenters. The first kappa shape index (κ1) is 18.6. The number of benzene rings is 2. The third-order valence-corrected chi connectivity index (χ3v) is 5.54. The molecule has 0 radical (unpaired) electrons. The summed E-state index contributed by atoms with van der Waals surface area (Å²) in [6.07, 6.45) is 1.67. The third-order valence-electron chi connectivity index (χ3n) is 5.02. The molecule has 2 aliphatic rings. The summed E-state index contributed by atoms with van der Waals surface area (Å²) in [5.41, 5.74) is 1.22. The highest BCUT2D eigenvalue weighted by Gasteiger charge is 2.28. The Balaban J connectivity index is 1.36. The molecule has 0 saturated carbocycles. The molecular formula is C21H24BrNO4. The average Bonchev–Trinajstić information content (AvgIpc) is 3.15. The number of ether oxygens (including phenoxy) is 3. The van der Waals surface area contributed by atoms with E-state index in [-0.39, 0.29) is 6.61 Å². The van der Waals surface area contributed by atoms with Gasteiger partial charge in [0.2, 0.25) is 0 Å². The van der Waals surface area contributed by atoms with Crippen molar-refractivity contribution >= 4 is 15.9 Å². The third kappa shape index (κ3) is 4.57. The van der Waals surface area contributed by atoms with Gasteiger partial charge in [-0.25, -0.2) is 0 Å². The van der Waals surface area contributed by atoms with Crippen molar-refractivity contribution in [3.8, 4) is 17.2 Å². The number of fused-ring (bicyclic) bond motifs is 1. The largest absolute Gasteiger partial charge is 0.491 e. The maximum atomic E-state index is 10.5. The lowest BCUT2D eigenvalue weighted by Gasteiger charge is -2.28. The molecule has 4 rings (SSSR count). The highest BCUT2D eigenvalue weighted by Crippen LogP contribution is 2.38. The molecule has 27 heavy (non-hydrogen) atoms. The normalized spacial score (nSPS) is 20.4. The molecule has 0 spiro atoms. The van der Waals surface area contributed by atoms with E-state index in [0.717, 1.165) is 41.1 Å². The Bertz CT molecular complexity index is 767. The monoisotopic (exact) mass is 433 g/mol. The van der Waals surface area contributed by atoms with Crippen molar-refractivity contribution in [1.82, 2.24) is 4.90 Å². The lowest BCUT2D eigenvalue weighted by Crippen LogP contribution is -2.35. The molecule has 0 bridgehead atoms. The Labute approximate surface area is 168 Å². The van der Waals surface area contributed by atoms with E-state index in [1.165, 1.54) is 5.56 Å². The fourth-order valence-corrected chi connectivity index (χ4v) is 4.00. The molecule has 1 N–H and O–H groups in total. The molecule has 2 atom stereocenters. The number of hydrogen-bond acceptors (Lipinski definition) is 5. The first-order valence-electron chi connectivity index (χ1n) is 9.39. The molecule has 0 amide bonds. The zero-order valence-corrected chi connectivity index (χ0v) is 16.7. The number of aliphatic hydroxyl groups is 1. The van der Waals surface area contributed by atoms with Gasteiger partial charge in [-0.15, -0.1) is 0 Å². The van der Waals surface area contributed by atoms with Gasteiger partial charge in [0.15, 0.2) is 11.5 Å². The van der Waals surface area contributed by atoms with Crippen molar-refractivity contribution in [1.29, 1.82) is 0 Å². The highest BCUT2D eigenvalue weighted by atomic mass is 79.9. The van der Waals surface area contributed by atoms with Crippen LogP contribution < -0.4 is 14.2 Å². The molecule has 2 aliphatic heterocycles. The second-order valence-electron chi connectivity index (χ2n) is 6.97. The Kier molecular flexibility index (Phi) is 5.86. The van der Waals surface area contributed by atoms with E-state index in [0.29, 0.717) is 25.8 Å². The predicted octanol–water partition coefficient (Wildman–Crippen LogP) is 3.80. The van der Waals surface area contributed by atoms with Crippen molar-refractivity contribution in [3.05, 3.63) is 52.5 Å². The first-order valence-corrected chi connectivity index (χ1v) is 10.2. The van der Waals surface area contributed by atoms with Gasteiger partial charge in [-0.05, 0) is 61.3 Å². The van der Waals surface area contributed by atoms with Crippen LogP contribution >= 0.6 is 15.9 Å². The van der Waals surface area contributed by atoms with E-state index >= 15 is 0 Å². The molecular weight excluding hydrogens is 410 g/mol. The second-order valence-corrected chi connectivity index (χ2v) is 7.89. The van der Waals surface area contributed by atoms with Crippen LogP contribution in [0, 0.1) is 0 Å². The molecule has 144 valence electrons. The van der Waals surface area contributed by atoms with Crippen LogP contribution in [0.1, 0.15) is 24.4 Å². The van der Waals surface area contributed by atoms with Crippen LogP contribution in [0.3, 0.4) is 0 Å². The fraction of sp³-hybridized carbons (Fsp3) is 0.429. The summed E-state index contributed by atoms with van der Waals surface area (Å²) in [5.74, 6) is 2.41.